The Morgan fingerprint density at radius 3 is 2.72 bits per heavy atom. The molecule has 0 saturated carbocycles. The third-order valence-electron chi connectivity index (χ3n) is 2.32. The molecular weight excluding hydrogens is 236 g/mol. The Morgan fingerprint density at radius 1 is 1.61 bits per heavy atom. The Hall–Kier alpha value is -1.89. The zero-order valence-corrected chi connectivity index (χ0v) is 10.5. The van der Waals surface area contributed by atoms with Crippen LogP contribution in [0.2, 0.25) is 0 Å². The van der Waals surface area contributed by atoms with E-state index in [-0.39, 0.29) is 12.6 Å². The molecule has 7 nitrogen and oxygen atoms in total. The lowest BCUT2D eigenvalue weighted by Crippen LogP contribution is -2.35. The first-order chi connectivity index (χ1) is 8.45. The van der Waals surface area contributed by atoms with Crippen LogP contribution in [-0.4, -0.2) is 28.3 Å². The van der Waals surface area contributed by atoms with Crippen LogP contribution in [0.25, 0.3) is 0 Å². The summed E-state index contributed by atoms with van der Waals surface area (Å²) in [5, 5.41) is 3.89. The number of ether oxygens (including phenoxy) is 1. The van der Waals surface area contributed by atoms with Crippen molar-refractivity contribution in [2.24, 2.45) is 11.5 Å². The lowest BCUT2D eigenvalue weighted by molar-refractivity contribution is -0.121. The quantitative estimate of drug-likeness (QED) is 0.704. The molecule has 0 aromatic carbocycles. The van der Waals surface area contributed by atoms with Gasteiger partial charge in [-0.05, 0) is 13.3 Å². The standard InChI is InChI=1S/C11H18N4O3/c1-3-9(11(13)17)15-10(16)4-8(5-14-15)18-6-7(2)12/h4-5,7,9H,3,6,12H2,1-2H3,(H2,13,17). The van der Waals surface area contributed by atoms with E-state index < -0.39 is 17.5 Å². The molecule has 0 radical (unpaired) electrons. The lowest BCUT2D eigenvalue weighted by atomic mass is 10.2. The van der Waals surface area contributed by atoms with Crippen LogP contribution in [0.4, 0.5) is 0 Å². The number of rotatable bonds is 6. The number of primary amides is 1. The first kappa shape index (κ1) is 14.2. The number of nitrogens with zero attached hydrogens (tertiary/aromatic N) is 2. The Morgan fingerprint density at radius 2 is 2.28 bits per heavy atom. The second-order valence-electron chi connectivity index (χ2n) is 4.09. The zero-order valence-electron chi connectivity index (χ0n) is 10.5. The largest absolute Gasteiger partial charge is 0.490 e. The molecule has 0 saturated heterocycles. The minimum Gasteiger partial charge on any atom is -0.490 e. The number of hydrogen-bond donors (Lipinski definition) is 2. The van der Waals surface area contributed by atoms with E-state index in [4.69, 9.17) is 16.2 Å². The maximum Gasteiger partial charge on any atom is 0.271 e. The Labute approximate surface area is 105 Å². The molecule has 18 heavy (non-hydrogen) atoms. The van der Waals surface area contributed by atoms with Gasteiger partial charge in [0.2, 0.25) is 5.91 Å². The van der Waals surface area contributed by atoms with Gasteiger partial charge >= 0.3 is 0 Å². The molecule has 7 heteroatoms. The third-order valence-corrected chi connectivity index (χ3v) is 2.32. The zero-order chi connectivity index (χ0) is 13.7. The van der Waals surface area contributed by atoms with E-state index in [0.717, 1.165) is 4.68 Å². The summed E-state index contributed by atoms with van der Waals surface area (Å²) in [7, 11) is 0. The van der Waals surface area contributed by atoms with Gasteiger partial charge in [-0.15, -0.1) is 0 Å². The van der Waals surface area contributed by atoms with Crippen molar-refractivity contribution in [1.29, 1.82) is 0 Å². The highest BCUT2D eigenvalue weighted by Gasteiger charge is 2.17. The van der Waals surface area contributed by atoms with Crippen LogP contribution in [-0.2, 0) is 4.79 Å². The Bertz CT molecular complexity index is 470. The van der Waals surface area contributed by atoms with Gasteiger partial charge in [0, 0.05) is 12.1 Å². The molecule has 0 aliphatic heterocycles. The molecule has 0 spiro atoms. The van der Waals surface area contributed by atoms with Gasteiger partial charge in [-0.1, -0.05) is 6.92 Å². The van der Waals surface area contributed by atoms with E-state index in [1.807, 2.05) is 0 Å². The van der Waals surface area contributed by atoms with Crippen LogP contribution >= 0.6 is 0 Å². The molecular formula is C11H18N4O3. The normalized spacial score (nSPS) is 13.9. The third kappa shape index (κ3) is 3.56. The fourth-order valence-electron chi connectivity index (χ4n) is 1.44. The number of amides is 1. The van der Waals surface area contributed by atoms with Gasteiger partial charge in [0.25, 0.3) is 5.56 Å². The van der Waals surface area contributed by atoms with Crippen LogP contribution in [0, 0.1) is 0 Å². The molecule has 0 aliphatic rings. The van der Waals surface area contributed by atoms with Crippen LogP contribution in [0.1, 0.15) is 26.3 Å². The molecule has 1 heterocycles. The first-order valence-corrected chi connectivity index (χ1v) is 5.72. The van der Waals surface area contributed by atoms with Gasteiger partial charge in [0.15, 0.2) is 0 Å². The van der Waals surface area contributed by atoms with Crippen LogP contribution in [0.3, 0.4) is 0 Å². The maximum atomic E-state index is 11.8. The predicted octanol–water partition coefficient (Wildman–Crippen LogP) is -0.594. The van der Waals surface area contributed by atoms with Gasteiger partial charge < -0.3 is 16.2 Å². The molecule has 1 aromatic heterocycles. The average Bonchev–Trinajstić information content (AvgIpc) is 2.29. The molecule has 2 atom stereocenters. The SMILES string of the molecule is CCC(C(N)=O)n1ncc(OCC(C)N)cc1=O. The molecule has 0 fully saturated rings. The van der Waals surface area contributed by atoms with Gasteiger partial charge in [-0.3, -0.25) is 9.59 Å². The minimum absolute atomic E-state index is 0.138. The highest BCUT2D eigenvalue weighted by atomic mass is 16.5. The van der Waals surface area contributed by atoms with Crippen LogP contribution in [0.5, 0.6) is 5.75 Å². The predicted molar refractivity (Wildman–Crippen MR) is 66.2 cm³/mol. The van der Waals surface area contributed by atoms with E-state index in [1.165, 1.54) is 12.3 Å². The van der Waals surface area contributed by atoms with E-state index in [1.54, 1.807) is 13.8 Å². The molecule has 100 valence electrons. The van der Waals surface area contributed by atoms with Gasteiger partial charge in [-0.25, -0.2) is 4.68 Å². The van der Waals surface area contributed by atoms with Crippen molar-refractivity contribution in [2.75, 3.05) is 6.61 Å². The number of carbonyl (C=O) groups excluding carboxylic acids is 1. The summed E-state index contributed by atoms with van der Waals surface area (Å²) in [6.45, 7) is 3.83. The summed E-state index contributed by atoms with van der Waals surface area (Å²) in [5.74, 6) is -0.260. The Balaban J connectivity index is 2.92. The molecule has 1 aromatic rings. The van der Waals surface area contributed by atoms with Gasteiger partial charge in [0.1, 0.15) is 18.4 Å². The summed E-state index contributed by atoms with van der Waals surface area (Å²) in [5.41, 5.74) is 10.3. The summed E-state index contributed by atoms with van der Waals surface area (Å²) in [6.07, 6.45) is 1.78. The average molecular weight is 254 g/mol. The van der Waals surface area contributed by atoms with E-state index >= 15 is 0 Å². The fraction of sp³-hybridized carbons (Fsp3) is 0.545. The smallest absolute Gasteiger partial charge is 0.271 e. The van der Waals surface area contributed by atoms with E-state index in [9.17, 15) is 9.59 Å². The van der Waals surface area contributed by atoms with Crippen molar-refractivity contribution < 1.29 is 9.53 Å². The lowest BCUT2D eigenvalue weighted by Gasteiger charge is -2.14. The van der Waals surface area contributed by atoms with Crippen molar-refractivity contribution >= 4 is 5.91 Å². The van der Waals surface area contributed by atoms with Crippen molar-refractivity contribution in [3.8, 4) is 5.75 Å². The number of hydrogen-bond acceptors (Lipinski definition) is 5. The van der Waals surface area contributed by atoms with Gasteiger partial charge in [0.05, 0.1) is 6.20 Å². The molecule has 1 amide bonds. The van der Waals surface area contributed by atoms with Crippen molar-refractivity contribution in [3.63, 3.8) is 0 Å². The van der Waals surface area contributed by atoms with E-state index in [2.05, 4.69) is 5.10 Å². The summed E-state index contributed by atoms with van der Waals surface area (Å²) in [6, 6.07) is 0.391. The Kier molecular flexibility index (Phi) is 4.85. The fourth-order valence-corrected chi connectivity index (χ4v) is 1.44. The summed E-state index contributed by atoms with van der Waals surface area (Å²) >= 11 is 0. The molecule has 1 rings (SSSR count). The number of aromatic nitrogens is 2. The van der Waals surface area contributed by atoms with Gasteiger partial charge in [-0.2, -0.15) is 5.10 Å². The van der Waals surface area contributed by atoms with Crippen molar-refractivity contribution in [1.82, 2.24) is 9.78 Å². The second kappa shape index (κ2) is 6.15. The molecule has 4 N–H and O–H groups in total. The molecule has 2 unspecified atom stereocenters. The summed E-state index contributed by atoms with van der Waals surface area (Å²) in [4.78, 5) is 22.9. The molecule has 0 aliphatic carbocycles. The highest BCUT2D eigenvalue weighted by molar-refractivity contribution is 5.78. The van der Waals surface area contributed by atoms with Crippen LogP contribution in [0.15, 0.2) is 17.1 Å². The minimum atomic E-state index is -0.736. The topological polar surface area (TPSA) is 113 Å². The number of carbonyl (C=O) groups is 1. The van der Waals surface area contributed by atoms with Crippen molar-refractivity contribution in [2.45, 2.75) is 32.4 Å². The summed E-state index contributed by atoms with van der Waals surface area (Å²) < 4.78 is 6.32. The molecule has 0 bridgehead atoms. The number of nitrogens with two attached hydrogens (primary N) is 2. The van der Waals surface area contributed by atoms with E-state index in [0.29, 0.717) is 12.2 Å². The second-order valence-corrected chi connectivity index (χ2v) is 4.09. The van der Waals surface area contributed by atoms with Crippen LogP contribution < -0.4 is 21.8 Å². The monoisotopic (exact) mass is 254 g/mol. The first-order valence-electron chi connectivity index (χ1n) is 5.72. The highest BCUT2D eigenvalue weighted by Crippen LogP contribution is 2.09. The maximum absolute atomic E-state index is 11.8. The van der Waals surface area contributed by atoms with Crippen molar-refractivity contribution in [3.05, 3.63) is 22.6 Å².